The minimum atomic E-state index is -0.177. The number of carbonyl (C=O) groups is 1. The fraction of sp³-hybridized carbons (Fsp3) is 0.212. The van der Waals surface area contributed by atoms with Crippen molar-refractivity contribution < 1.29 is 9.90 Å². The van der Waals surface area contributed by atoms with Crippen molar-refractivity contribution in [3.05, 3.63) is 125 Å². The summed E-state index contributed by atoms with van der Waals surface area (Å²) in [5, 5.41) is 19.7. The van der Waals surface area contributed by atoms with Gasteiger partial charge in [0, 0.05) is 43.9 Å². The first kappa shape index (κ1) is 25.0. The third-order valence-corrected chi connectivity index (χ3v) is 7.50. The van der Waals surface area contributed by atoms with E-state index in [0.29, 0.717) is 25.3 Å². The predicted molar refractivity (Wildman–Crippen MR) is 154 cm³/mol. The molecule has 0 saturated carbocycles. The second-order valence-electron chi connectivity index (χ2n) is 10.1. The normalized spacial score (nSPS) is 13.4. The monoisotopic (exact) mass is 516 g/mol. The summed E-state index contributed by atoms with van der Waals surface area (Å²) in [4.78, 5) is 15.8. The van der Waals surface area contributed by atoms with Gasteiger partial charge < -0.3 is 10.4 Å². The number of nitrogens with zero attached hydrogens (tertiary/aromatic N) is 3. The molecule has 0 fully saturated rings. The lowest BCUT2D eigenvalue weighted by atomic mass is 10.0. The minimum Gasteiger partial charge on any atom is -0.394 e. The Kier molecular flexibility index (Phi) is 7.21. The van der Waals surface area contributed by atoms with Crippen molar-refractivity contribution in [3.8, 4) is 11.1 Å². The van der Waals surface area contributed by atoms with Crippen LogP contribution in [0.1, 0.15) is 32.9 Å². The molecule has 1 amide bonds. The first-order chi connectivity index (χ1) is 19.2. The Hall–Kier alpha value is -4.26. The van der Waals surface area contributed by atoms with Gasteiger partial charge in [-0.3, -0.25) is 14.4 Å². The van der Waals surface area contributed by atoms with Gasteiger partial charge in [0.1, 0.15) is 0 Å². The van der Waals surface area contributed by atoms with Gasteiger partial charge in [-0.05, 0) is 39.1 Å². The van der Waals surface area contributed by atoms with Crippen molar-refractivity contribution in [2.24, 2.45) is 0 Å². The Morgan fingerprint density at radius 2 is 1.67 bits per heavy atom. The van der Waals surface area contributed by atoms with Gasteiger partial charge in [0.2, 0.25) is 0 Å². The highest BCUT2D eigenvalue weighted by Crippen LogP contribution is 2.26. The van der Waals surface area contributed by atoms with Crippen LogP contribution in [-0.2, 0) is 32.6 Å². The number of aliphatic hydroxyl groups is 1. The molecule has 0 spiro atoms. The maximum Gasteiger partial charge on any atom is 0.272 e. The van der Waals surface area contributed by atoms with Crippen LogP contribution < -0.4 is 5.32 Å². The van der Waals surface area contributed by atoms with Gasteiger partial charge in [-0.1, -0.05) is 91.0 Å². The Bertz CT molecular complexity index is 1600. The fourth-order valence-corrected chi connectivity index (χ4v) is 5.59. The topological polar surface area (TPSA) is 70.4 Å². The summed E-state index contributed by atoms with van der Waals surface area (Å²) in [6, 6.07) is 33.4. The van der Waals surface area contributed by atoms with Crippen molar-refractivity contribution in [1.29, 1.82) is 0 Å². The maximum absolute atomic E-state index is 13.4. The molecule has 2 N–H and O–H groups in total. The van der Waals surface area contributed by atoms with Crippen molar-refractivity contribution in [2.45, 2.75) is 32.6 Å². The van der Waals surface area contributed by atoms with E-state index in [4.69, 9.17) is 0 Å². The number of rotatable bonds is 8. The van der Waals surface area contributed by atoms with Crippen LogP contribution in [0.4, 0.5) is 0 Å². The Labute approximate surface area is 228 Å². The highest BCUT2D eigenvalue weighted by Gasteiger charge is 2.28. The third kappa shape index (κ3) is 5.35. The SMILES string of the molecule is O=C(NCc1cccc2ccccc12)c1nn(CCO)c2c1CN(Cc1cccc(-c3ccccc3)c1)CC2. The molecular weight excluding hydrogens is 484 g/mol. The molecule has 39 heavy (non-hydrogen) atoms. The molecule has 0 saturated heterocycles. The van der Waals surface area contributed by atoms with E-state index >= 15 is 0 Å². The molecule has 0 aliphatic carbocycles. The number of aliphatic hydroxyl groups excluding tert-OH is 1. The molecule has 0 unspecified atom stereocenters. The second-order valence-corrected chi connectivity index (χ2v) is 10.1. The second kappa shape index (κ2) is 11.2. The summed E-state index contributed by atoms with van der Waals surface area (Å²) in [7, 11) is 0. The highest BCUT2D eigenvalue weighted by molar-refractivity contribution is 5.94. The summed E-state index contributed by atoms with van der Waals surface area (Å²) in [5.74, 6) is -0.177. The number of hydrogen-bond acceptors (Lipinski definition) is 4. The Morgan fingerprint density at radius 3 is 2.54 bits per heavy atom. The summed E-state index contributed by atoms with van der Waals surface area (Å²) >= 11 is 0. The molecule has 196 valence electrons. The van der Waals surface area contributed by atoms with E-state index in [1.54, 1.807) is 0 Å². The van der Waals surface area contributed by atoms with Gasteiger partial charge in [-0.15, -0.1) is 0 Å². The summed E-state index contributed by atoms with van der Waals surface area (Å²) in [6.07, 6.45) is 0.789. The van der Waals surface area contributed by atoms with Gasteiger partial charge in [-0.25, -0.2) is 0 Å². The molecular formula is C33H32N4O2. The van der Waals surface area contributed by atoms with E-state index in [2.05, 4.69) is 82.0 Å². The zero-order valence-electron chi connectivity index (χ0n) is 21.9. The maximum atomic E-state index is 13.4. The van der Waals surface area contributed by atoms with Crippen LogP contribution in [0.15, 0.2) is 97.1 Å². The average Bonchev–Trinajstić information content (AvgIpc) is 3.34. The van der Waals surface area contributed by atoms with E-state index in [0.717, 1.165) is 47.1 Å². The van der Waals surface area contributed by atoms with Gasteiger partial charge >= 0.3 is 0 Å². The van der Waals surface area contributed by atoms with Crippen LogP contribution >= 0.6 is 0 Å². The number of amides is 1. The molecule has 1 aliphatic heterocycles. The summed E-state index contributed by atoms with van der Waals surface area (Å²) in [5.41, 5.74) is 7.19. The Morgan fingerprint density at radius 1 is 0.897 bits per heavy atom. The van der Waals surface area contributed by atoms with E-state index in [-0.39, 0.29) is 12.5 Å². The quantitative estimate of drug-likeness (QED) is 0.298. The first-order valence-corrected chi connectivity index (χ1v) is 13.5. The van der Waals surface area contributed by atoms with Crippen molar-refractivity contribution in [3.63, 3.8) is 0 Å². The van der Waals surface area contributed by atoms with Crippen molar-refractivity contribution >= 4 is 16.7 Å². The van der Waals surface area contributed by atoms with Crippen LogP contribution in [0, 0.1) is 0 Å². The molecule has 5 aromatic rings. The fourth-order valence-electron chi connectivity index (χ4n) is 5.59. The highest BCUT2D eigenvalue weighted by atomic mass is 16.3. The van der Waals surface area contributed by atoms with Crippen LogP contribution in [0.25, 0.3) is 21.9 Å². The molecule has 2 heterocycles. The number of benzene rings is 4. The minimum absolute atomic E-state index is 0.0127. The number of aromatic nitrogens is 2. The number of carbonyl (C=O) groups excluding carboxylic acids is 1. The summed E-state index contributed by atoms with van der Waals surface area (Å²) in [6.45, 7) is 3.11. The van der Waals surface area contributed by atoms with Crippen molar-refractivity contribution in [1.82, 2.24) is 20.0 Å². The molecule has 0 bridgehead atoms. The van der Waals surface area contributed by atoms with Crippen LogP contribution in [-0.4, -0.2) is 38.8 Å². The number of hydrogen-bond donors (Lipinski definition) is 2. The predicted octanol–water partition coefficient (Wildman–Crippen LogP) is 5.18. The van der Waals surface area contributed by atoms with E-state index in [1.165, 1.54) is 16.7 Å². The van der Waals surface area contributed by atoms with Gasteiger partial charge in [-0.2, -0.15) is 5.10 Å². The molecule has 4 aromatic carbocycles. The number of fused-ring (bicyclic) bond motifs is 2. The lowest BCUT2D eigenvalue weighted by Crippen LogP contribution is -2.32. The van der Waals surface area contributed by atoms with Gasteiger partial charge in [0.05, 0.1) is 13.2 Å². The summed E-state index contributed by atoms with van der Waals surface area (Å²) < 4.78 is 1.82. The molecule has 6 rings (SSSR count). The van der Waals surface area contributed by atoms with Crippen LogP contribution in [0.2, 0.25) is 0 Å². The zero-order valence-corrected chi connectivity index (χ0v) is 21.9. The van der Waals surface area contributed by atoms with Crippen LogP contribution in [0.5, 0.6) is 0 Å². The van der Waals surface area contributed by atoms with E-state index in [1.807, 2.05) is 35.0 Å². The van der Waals surface area contributed by atoms with Gasteiger partial charge in [0.15, 0.2) is 5.69 Å². The molecule has 1 aliphatic rings. The largest absolute Gasteiger partial charge is 0.394 e. The smallest absolute Gasteiger partial charge is 0.272 e. The third-order valence-electron chi connectivity index (χ3n) is 7.50. The van der Waals surface area contributed by atoms with Gasteiger partial charge in [0.25, 0.3) is 5.91 Å². The molecule has 0 atom stereocenters. The molecule has 6 nitrogen and oxygen atoms in total. The zero-order chi connectivity index (χ0) is 26.6. The first-order valence-electron chi connectivity index (χ1n) is 13.5. The lowest BCUT2D eigenvalue weighted by Gasteiger charge is -2.28. The standard InChI is InChI=1S/C33H32N4O2/c38-19-18-37-31-16-17-36(22-24-8-6-13-27(20-24)25-9-2-1-3-10-25)23-30(31)32(35-37)33(39)34-21-28-14-7-12-26-11-4-5-15-29(26)28/h1-15,20,38H,16-19,21-23H2,(H,34,39). The molecule has 0 radical (unpaired) electrons. The number of nitrogens with one attached hydrogen (secondary N) is 1. The van der Waals surface area contributed by atoms with E-state index in [9.17, 15) is 9.90 Å². The van der Waals surface area contributed by atoms with E-state index < -0.39 is 0 Å². The molecule has 6 heteroatoms. The molecule has 1 aromatic heterocycles. The lowest BCUT2D eigenvalue weighted by molar-refractivity contribution is 0.0942. The Balaban J connectivity index is 1.21. The average molecular weight is 517 g/mol. The van der Waals surface area contributed by atoms with Crippen LogP contribution in [0.3, 0.4) is 0 Å². The van der Waals surface area contributed by atoms with Crippen molar-refractivity contribution in [2.75, 3.05) is 13.2 Å².